The number of aliphatic carboxylic acids is 3. The van der Waals surface area contributed by atoms with Crippen molar-refractivity contribution in [2.45, 2.75) is 44.7 Å². The summed E-state index contributed by atoms with van der Waals surface area (Å²) in [5.41, 5.74) is -1.25. The Balaban J connectivity index is 2.13. The quantitative estimate of drug-likeness (QED) is 0.154. The Kier molecular flexibility index (Phi) is 13.5. The molecule has 0 bridgehead atoms. The van der Waals surface area contributed by atoms with Crippen molar-refractivity contribution in [3.8, 4) is 0 Å². The number of carboxylic acids is 3. The number of carbonyl (C=O) groups is 3. The van der Waals surface area contributed by atoms with Crippen LogP contribution in [0.15, 0.2) is 60.7 Å². The first kappa shape index (κ1) is 31.9. The fraction of sp³-hybridized carbons (Fsp3) is 0.464. The number of hydrogen-bond acceptors (Lipinski definition) is 8. The lowest BCUT2D eigenvalue weighted by Crippen LogP contribution is -2.69. The van der Waals surface area contributed by atoms with Gasteiger partial charge in [-0.15, -0.1) is 0 Å². The molecule has 0 amide bonds. The third-order valence-corrected chi connectivity index (χ3v) is 6.26. The molecule has 2 atom stereocenters. The topological polar surface area (TPSA) is 158 Å². The number of ether oxygens (including phenoxy) is 2. The van der Waals surface area contributed by atoms with Crippen LogP contribution in [0.5, 0.6) is 0 Å². The van der Waals surface area contributed by atoms with E-state index in [0.29, 0.717) is 26.3 Å². The van der Waals surface area contributed by atoms with Gasteiger partial charge in [0.05, 0.1) is 26.4 Å². The number of hydrogen-bond donors (Lipinski definition) is 5. The van der Waals surface area contributed by atoms with E-state index in [0.717, 1.165) is 16.0 Å². The maximum absolute atomic E-state index is 12.1. The van der Waals surface area contributed by atoms with Crippen LogP contribution >= 0.6 is 0 Å². The first-order valence-corrected chi connectivity index (χ1v) is 12.9. The fourth-order valence-corrected chi connectivity index (χ4v) is 4.35. The second kappa shape index (κ2) is 16.6. The van der Waals surface area contributed by atoms with E-state index in [4.69, 9.17) is 9.47 Å². The van der Waals surface area contributed by atoms with Crippen molar-refractivity contribution in [3.63, 3.8) is 0 Å². The van der Waals surface area contributed by atoms with E-state index in [1.54, 1.807) is 0 Å². The lowest BCUT2D eigenvalue weighted by atomic mass is 9.95. The highest BCUT2D eigenvalue weighted by atomic mass is 16.5. The summed E-state index contributed by atoms with van der Waals surface area (Å²) in [6, 6.07) is 18.1. The van der Waals surface area contributed by atoms with Crippen molar-refractivity contribution in [1.29, 1.82) is 0 Å². The first-order chi connectivity index (χ1) is 18.8. The predicted octanol–water partition coefficient (Wildman–Crippen LogP) is 1.67. The molecule has 0 saturated carbocycles. The summed E-state index contributed by atoms with van der Waals surface area (Å²) in [6.45, 7) is 5.45. The lowest BCUT2D eigenvalue weighted by Gasteiger charge is -2.39. The van der Waals surface area contributed by atoms with Crippen LogP contribution in [-0.2, 0) is 37.1 Å². The van der Waals surface area contributed by atoms with E-state index >= 15 is 0 Å². The van der Waals surface area contributed by atoms with Gasteiger partial charge in [-0.1, -0.05) is 74.5 Å². The SMILES string of the molecule is CCNC(CNCC(COCc1ccccc1)N(CC)C(C(=O)O)(C(=O)O)C(=O)O)COCc1ccccc1. The van der Waals surface area contributed by atoms with Gasteiger partial charge >= 0.3 is 23.4 Å². The Morgan fingerprint density at radius 2 is 1.28 bits per heavy atom. The molecule has 2 aromatic carbocycles. The summed E-state index contributed by atoms with van der Waals surface area (Å²) < 4.78 is 11.7. The van der Waals surface area contributed by atoms with E-state index in [1.807, 2.05) is 67.6 Å². The van der Waals surface area contributed by atoms with Gasteiger partial charge in [0.15, 0.2) is 0 Å². The van der Waals surface area contributed by atoms with Crippen LogP contribution in [0.4, 0.5) is 0 Å². The molecule has 2 aromatic rings. The monoisotopic (exact) mass is 545 g/mol. The summed E-state index contributed by atoms with van der Waals surface area (Å²) in [5.74, 6) is -5.92. The van der Waals surface area contributed by atoms with Crippen molar-refractivity contribution >= 4 is 17.9 Å². The highest BCUT2D eigenvalue weighted by Crippen LogP contribution is 2.22. The Morgan fingerprint density at radius 3 is 1.72 bits per heavy atom. The number of nitrogens with one attached hydrogen (secondary N) is 2. The van der Waals surface area contributed by atoms with E-state index < -0.39 is 29.5 Å². The number of rotatable bonds is 20. The van der Waals surface area contributed by atoms with E-state index in [-0.39, 0.29) is 32.3 Å². The smallest absolute Gasteiger partial charge is 0.347 e. The molecule has 0 fully saturated rings. The van der Waals surface area contributed by atoms with Crippen molar-refractivity contribution in [2.75, 3.05) is 39.4 Å². The molecular weight excluding hydrogens is 506 g/mol. The van der Waals surface area contributed by atoms with Crippen molar-refractivity contribution < 1.29 is 39.2 Å². The molecule has 0 saturated heterocycles. The van der Waals surface area contributed by atoms with Gasteiger partial charge in [-0.3, -0.25) is 4.90 Å². The molecule has 214 valence electrons. The number of likely N-dealkylation sites (N-methyl/N-ethyl adjacent to an activating group) is 2. The van der Waals surface area contributed by atoms with Crippen molar-refractivity contribution in [1.82, 2.24) is 15.5 Å². The molecule has 2 rings (SSSR count). The van der Waals surface area contributed by atoms with Gasteiger partial charge in [-0.2, -0.15) is 0 Å². The molecule has 0 heterocycles. The highest BCUT2D eigenvalue weighted by Gasteiger charge is 2.60. The summed E-state index contributed by atoms with van der Waals surface area (Å²) in [5, 5.41) is 36.0. The second-order valence-corrected chi connectivity index (χ2v) is 8.98. The third kappa shape index (κ3) is 9.12. The molecule has 0 aliphatic rings. The minimum atomic E-state index is -3.17. The molecule has 5 N–H and O–H groups in total. The standard InChI is InChI=1S/C28H39N3O8/c1-3-30-23(19-38-17-21-11-7-5-8-12-21)15-29-16-24(20-39-18-22-13-9-6-10-14-22)31(4-2)28(25(32)33,26(34)35)27(36)37/h5-14,23-24,29-30H,3-4,15-20H2,1-2H3,(H,32,33)(H,34,35)(H,36,37). The fourth-order valence-electron chi connectivity index (χ4n) is 4.35. The van der Waals surface area contributed by atoms with Crippen LogP contribution in [0.25, 0.3) is 0 Å². The van der Waals surface area contributed by atoms with Gasteiger partial charge in [-0.05, 0) is 24.2 Å². The van der Waals surface area contributed by atoms with Crippen LogP contribution in [0, 0.1) is 0 Å². The van der Waals surface area contributed by atoms with Crippen molar-refractivity contribution in [2.24, 2.45) is 0 Å². The molecule has 11 heteroatoms. The van der Waals surface area contributed by atoms with Gasteiger partial charge in [-0.25, -0.2) is 14.4 Å². The molecular formula is C28H39N3O8. The molecule has 2 unspecified atom stereocenters. The van der Waals surface area contributed by atoms with Crippen LogP contribution < -0.4 is 10.6 Å². The molecule has 0 radical (unpaired) electrons. The Labute approximate surface area is 228 Å². The minimum Gasteiger partial charge on any atom is -0.479 e. The van der Waals surface area contributed by atoms with Gasteiger partial charge in [0, 0.05) is 25.2 Å². The summed E-state index contributed by atoms with van der Waals surface area (Å²) >= 11 is 0. The Hall–Kier alpha value is -3.35. The van der Waals surface area contributed by atoms with Gasteiger partial charge in [0.25, 0.3) is 0 Å². The second-order valence-electron chi connectivity index (χ2n) is 8.98. The zero-order valence-corrected chi connectivity index (χ0v) is 22.4. The number of carboxylic acid groups (broad SMARTS) is 3. The van der Waals surface area contributed by atoms with E-state index in [1.165, 1.54) is 6.92 Å². The molecule has 0 aliphatic carbocycles. The first-order valence-electron chi connectivity index (χ1n) is 12.9. The Morgan fingerprint density at radius 1 is 0.795 bits per heavy atom. The summed E-state index contributed by atoms with van der Waals surface area (Å²) in [7, 11) is 0. The molecule has 39 heavy (non-hydrogen) atoms. The zero-order valence-electron chi connectivity index (χ0n) is 22.4. The lowest BCUT2D eigenvalue weighted by molar-refractivity contribution is -0.182. The zero-order chi connectivity index (χ0) is 28.7. The van der Waals surface area contributed by atoms with E-state index in [2.05, 4.69) is 10.6 Å². The van der Waals surface area contributed by atoms with Gasteiger partial charge < -0.3 is 35.4 Å². The van der Waals surface area contributed by atoms with Gasteiger partial charge in [0.1, 0.15) is 0 Å². The summed E-state index contributed by atoms with van der Waals surface area (Å²) in [4.78, 5) is 37.3. The maximum atomic E-state index is 12.1. The normalized spacial score (nSPS) is 13.2. The molecule has 0 aliphatic heterocycles. The van der Waals surface area contributed by atoms with Crippen LogP contribution in [0.2, 0.25) is 0 Å². The average Bonchev–Trinajstić information content (AvgIpc) is 2.91. The number of nitrogens with zero attached hydrogens (tertiary/aromatic N) is 1. The highest BCUT2D eigenvalue weighted by molar-refractivity contribution is 6.21. The molecule has 0 aromatic heterocycles. The van der Waals surface area contributed by atoms with Gasteiger partial charge in [0.2, 0.25) is 0 Å². The number of benzene rings is 2. The third-order valence-electron chi connectivity index (χ3n) is 6.26. The van der Waals surface area contributed by atoms with E-state index in [9.17, 15) is 29.7 Å². The molecule has 0 spiro atoms. The van der Waals surface area contributed by atoms with Crippen LogP contribution in [-0.4, -0.2) is 95.1 Å². The largest absolute Gasteiger partial charge is 0.479 e. The Bertz CT molecular complexity index is 986. The molecule has 11 nitrogen and oxygen atoms in total. The average molecular weight is 546 g/mol. The van der Waals surface area contributed by atoms with Crippen molar-refractivity contribution in [3.05, 3.63) is 71.8 Å². The van der Waals surface area contributed by atoms with Crippen LogP contribution in [0.3, 0.4) is 0 Å². The summed E-state index contributed by atoms with van der Waals surface area (Å²) in [6.07, 6.45) is 0. The predicted molar refractivity (Wildman–Crippen MR) is 144 cm³/mol. The minimum absolute atomic E-state index is 0.0821. The maximum Gasteiger partial charge on any atom is 0.347 e. The van der Waals surface area contributed by atoms with Crippen LogP contribution in [0.1, 0.15) is 25.0 Å².